The fourth-order valence-corrected chi connectivity index (χ4v) is 2.55. The van der Waals surface area contributed by atoms with Gasteiger partial charge in [-0.05, 0) is 18.8 Å². The quantitative estimate of drug-likeness (QED) is 0.637. The molecule has 0 aromatic carbocycles. The van der Waals surface area contributed by atoms with Crippen molar-refractivity contribution in [2.45, 2.75) is 25.3 Å². The largest absolute Gasteiger partial charge is 0.481 e. The van der Waals surface area contributed by atoms with Gasteiger partial charge in [-0.15, -0.1) is 0 Å². The van der Waals surface area contributed by atoms with E-state index in [1.54, 1.807) is 11.9 Å². The first-order chi connectivity index (χ1) is 6.09. The lowest BCUT2D eigenvalue weighted by atomic mass is 9.99. The van der Waals surface area contributed by atoms with Gasteiger partial charge in [-0.25, -0.2) is 0 Å². The molecule has 0 spiro atoms. The van der Waals surface area contributed by atoms with Crippen molar-refractivity contribution in [3.8, 4) is 0 Å². The number of amides is 1. The lowest BCUT2D eigenvalue weighted by molar-refractivity contribution is -0.144. The van der Waals surface area contributed by atoms with E-state index in [-0.39, 0.29) is 17.9 Å². The lowest BCUT2D eigenvalue weighted by Gasteiger charge is -2.30. The maximum absolute atomic E-state index is 11.4. The Morgan fingerprint density at radius 3 is 2.85 bits per heavy atom. The SMILES string of the molecule is CN1C(=O)C[C@H]2C[C@H](C(=O)O)[C@@H]1C2. The molecule has 0 aromatic rings. The summed E-state index contributed by atoms with van der Waals surface area (Å²) in [5, 5.41) is 8.93. The molecule has 1 N–H and O–H groups in total. The molecule has 3 atom stereocenters. The molecule has 72 valence electrons. The number of carboxylic acids is 1. The number of likely N-dealkylation sites (tertiary alicyclic amines) is 1. The molecule has 1 amide bonds. The van der Waals surface area contributed by atoms with Crippen molar-refractivity contribution in [1.82, 2.24) is 4.90 Å². The van der Waals surface area contributed by atoms with Crippen LogP contribution >= 0.6 is 0 Å². The molecule has 0 unspecified atom stereocenters. The summed E-state index contributed by atoms with van der Waals surface area (Å²) in [6, 6.07) is -0.0521. The third kappa shape index (κ3) is 1.20. The van der Waals surface area contributed by atoms with Crippen molar-refractivity contribution in [3.63, 3.8) is 0 Å². The molecular formula is C9H13NO3. The van der Waals surface area contributed by atoms with Gasteiger partial charge in [0.1, 0.15) is 0 Å². The van der Waals surface area contributed by atoms with Gasteiger partial charge in [0, 0.05) is 19.5 Å². The van der Waals surface area contributed by atoms with Crippen LogP contribution in [-0.2, 0) is 9.59 Å². The van der Waals surface area contributed by atoms with Crippen LogP contribution in [0.4, 0.5) is 0 Å². The van der Waals surface area contributed by atoms with Gasteiger partial charge in [0.05, 0.1) is 5.92 Å². The topological polar surface area (TPSA) is 57.6 Å². The van der Waals surface area contributed by atoms with Gasteiger partial charge < -0.3 is 10.0 Å². The second kappa shape index (κ2) is 2.72. The van der Waals surface area contributed by atoms with Crippen molar-refractivity contribution in [2.24, 2.45) is 11.8 Å². The molecule has 1 saturated carbocycles. The minimum atomic E-state index is -0.756. The number of fused-ring (bicyclic) bond motifs is 2. The van der Waals surface area contributed by atoms with Gasteiger partial charge in [0.15, 0.2) is 0 Å². The molecule has 2 bridgehead atoms. The normalized spacial score (nSPS) is 38.1. The first-order valence-corrected chi connectivity index (χ1v) is 4.58. The van der Waals surface area contributed by atoms with E-state index in [2.05, 4.69) is 0 Å². The zero-order valence-electron chi connectivity index (χ0n) is 7.56. The van der Waals surface area contributed by atoms with E-state index < -0.39 is 5.97 Å². The summed E-state index contributed by atoms with van der Waals surface area (Å²) in [6.45, 7) is 0. The average Bonchev–Trinajstić information content (AvgIpc) is 2.41. The fourth-order valence-electron chi connectivity index (χ4n) is 2.55. The summed E-state index contributed by atoms with van der Waals surface area (Å²) >= 11 is 0. The van der Waals surface area contributed by atoms with Gasteiger partial charge in [-0.2, -0.15) is 0 Å². The number of nitrogens with zero attached hydrogens (tertiary/aromatic N) is 1. The van der Waals surface area contributed by atoms with Crippen molar-refractivity contribution in [2.75, 3.05) is 7.05 Å². The van der Waals surface area contributed by atoms with E-state index in [0.717, 1.165) is 6.42 Å². The smallest absolute Gasteiger partial charge is 0.308 e. The van der Waals surface area contributed by atoms with Crippen LogP contribution in [0.5, 0.6) is 0 Å². The van der Waals surface area contributed by atoms with Crippen LogP contribution in [0.25, 0.3) is 0 Å². The Bertz CT molecular complexity index is 264. The second-order valence-electron chi connectivity index (χ2n) is 4.06. The molecule has 0 radical (unpaired) electrons. The fraction of sp³-hybridized carbons (Fsp3) is 0.778. The van der Waals surface area contributed by atoms with Crippen LogP contribution in [0.3, 0.4) is 0 Å². The molecule has 2 fully saturated rings. The van der Waals surface area contributed by atoms with Crippen molar-refractivity contribution >= 4 is 11.9 Å². The van der Waals surface area contributed by atoms with E-state index in [4.69, 9.17) is 5.11 Å². The van der Waals surface area contributed by atoms with E-state index in [1.165, 1.54) is 0 Å². The van der Waals surface area contributed by atoms with Crippen molar-refractivity contribution in [3.05, 3.63) is 0 Å². The summed E-state index contributed by atoms with van der Waals surface area (Å²) < 4.78 is 0. The molecule has 1 aliphatic heterocycles. The van der Waals surface area contributed by atoms with Crippen LogP contribution in [0, 0.1) is 11.8 Å². The number of carboxylic acid groups (broad SMARTS) is 1. The average molecular weight is 183 g/mol. The minimum Gasteiger partial charge on any atom is -0.481 e. The number of carbonyl (C=O) groups excluding carboxylic acids is 1. The Kier molecular flexibility index (Phi) is 1.78. The Labute approximate surface area is 76.5 Å². The summed E-state index contributed by atoms with van der Waals surface area (Å²) in [7, 11) is 1.71. The standard InChI is InChI=1S/C9H13NO3/c1-10-7-3-5(4-8(10)11)2-6(7)9(12)13/h5-7H,2-4H2,1H3,(H,12,13)/t5-,6-,7-/m0/s1. The number of aliphatic carboxylic acids is 1. The van der Waals surface area contributed by atoms with Crippen LogP contribution < -0.4 is 0 Å². The molecule has 1 heterocycles. The molecule has 4 heteroatoms. The molecule has 4 nitrogen and oxygen atoms in total. The summed E-state index contributed by atoms with van der Waals surface area (Å²) in [5.74, 6) is -0.671. The van der Waals surface area contributed by atoms with Crippen molar-refractivity contribution < 1.29 is 14.7 Å². The Hall–Kier alpha value is -1.06. The molecule has 1 aliphatic carbocycles. The minimum absolute atomic E-state index is 0.0521. The molecule has 2 aliphatic rings. The molecule has 0 aromatic heterocycles. The number of hydrogen-bond acceptors (Lipinski definition) is 2. The monoisotopic (exact) mass is 183 g/mol. The number of carbonyl (C=O) groups is 2. The zero-order valence-corrected chi connectivity index (χ0v) is 7.56. The predicted octanol–water partition coefficient (Wildman–Crippen LogP) is 0.328. The Balaban J connectivity index is 2.21. The van der Waals surface area contributed by atoms with Gasteiger partial charge in [0.2, 0.25) is 5.91 Å². The van der Waals surface area contributed by atoms with Crippen LogP contribution in [0.2, 0.25) is 0 Å². The Morgan fingerprint density at radius 2 is 2.23 bits per heavy atom. The zero-order chi connectivity index (χ0) is 9.59. The highest BCUT2D eigenvalue weighted by atomic mass is 16.4. The highest BCUT2D eigenvalue weighted by Crippen LogP contribution is 2.40. The summed E-state index contributed by atoms with van der Waals surface area (Å²) in [5.41, 5.74) is 0. The first kappa shape index (κ1) is 8.53. The highest BCUT2D eigenvalue weighted by Gasteiger charge is 2.46. The lowest BCUT2D eigenvalue weighted by Crippen LogP contribution is -2.43. The highest BCUT2D eigenvalue weighted by molar-refractivity contribution is 5.80. The van der Waals surface area contributed by atoms with Gasteiger partial charge in [-0.1, -0.05) is 0 Å². The van der Waals surface area contributed by atoms with E-state index in [9.17, 15) is 9.59 Å². The maximum Gasteiger partial charge on any atom is 0.308 e. The predicted molar refractivity (Wildman–Crippen MR) is 45.0 cm³/mol. The summed E-state index contributed by atoms with van der Waals surface area (Å²) in [6.07, 6.45) is 2.09. The number of rotatable bonds is 1. The summed E-state index contributed by atoms with van der Waals surface area (Å²) in [4.78, 5) is 23.8. The van der Waals surface area contributed by atoms with Crippen molar-refractivity contribution in [1.29, 1.82) is 0 Å². The molecule has 13 heavy (non-hydrogen) atoms. The number of piperidine rings is 1. The second-order valence-corrected chi connectivity index (χ2v) is 4.06. The van der Waals surface area contributed by atoms with Gasteiger partial charge >= 0.3 is 5.97 Å². The van der Waals surface area contributed by atoms with Crippen LogP contribution in [0.15, 0.2) is 0 Å². The Morgan fingerprint density at radius 1 is 1.54 bits per heavy atom. The van der Waals surface area contributed by atoms with Crippen LogP contribution in [0.1, 0.15) is 19.3 Å². The van der Waals surface area contributed by atoms with E-state index in [0.29, 0.717) is 18.8 Å². The van der Waals surface area contributed by atoms with Gasteiger partial charge in [-0.3, -0.25) is 9.59 Å². The number of hydrogen-bond donors (Lipinski definition) is 1. The van der Waals surface area contributed by atoms with Gasteiger partial charge in [0.25, 0.3) is 0 Å². The molecular weight excluding hydrogens is 170 g/mol. The van der Waals surface area contributed by atoms with E-state index >= 15 is 0 Å². The maximum atomic E-state index is 11.4. The third-order valence-electron chi connectivity index (χ3n) is 3.30. The first-order valence-electron chi connectivity index (χ1n) is 4.58. The third-order valence-corrected chi connectivity index (χ3v) is 3.30. The van der Waals surface area contributed by atoms with Crippen LogP contribution in [-0.4, -0.2) is 35.0 Å². The molecule has 2 rings (SSSR count). The van der Waals surface area contributed by atoms with E-state index in [1.807, 2.05) is 0 Å². The molecule has 1 saturated heterocycles.